The molecule has 0 radical (unpaired) electrons. The fourth-order valence-corrected chi connectivity index (χ4v) is 3.24. The van der Waals surface area contributed by atoms with Crippen molar-refractivity contribution >= 4 is 56.8 Å². The standard InChI is InChI=1S/C24H17BrClN3O3/c25-18-10-11-22(32-15-23(30)28-19-6-2-1-3-7-19)16(13-18)12-17(14-27)24(31)29-21-9-5-4-8-20(21)26/h1-13H,15H2,(H,28,30)(H,29,31)/b17-12+. The van der Waals surface area contributed by atoms with Gasteiger partial charge in [-0.05, 0) is 48.5 Å². The molecule has 0 aliphatic heterocycles. The Morgan fingerprint density at radius 2 is 1.75 bits per heavy atom. The molecule has 0 unspecified atom stereocenters. The van der Waals surface area contributed by atoms with Crippen LogP contribution in [-0.4, -0.2) is 18.4 Å². The van der Waals surface area contributed by atoms with Gasteiger partial charge in [0.2, 0.25) is 0 Å². The van der Waals surface area contributed by atoms with E-state index in [9.17, 15) is 14.9 Å². The zero-order chi connectivity index (χ0) is 22.9. The van der Waals surface area contributed by atoms with Crippen LogP contribution in [-0.2, 0) is 9.59 Å². The maximum Gasteiger partial charge on any atom is 0.266 e. The molecule has 160 valence electrons. The third-order valence-corrected chi connectivity index (χ3v) is 5.00. The van der Waals surface area contributed by atoms with E-state index in [1.807, 2.05) is 24.3 Å². The van der Waals surface area contributed by atoms with Crippen LogP contribution < -0.4 is 15.4 Å². The number of anilines is 2. The molecule has 3 aromatic rings. The van der Waals surface area contributed by atoms with Gasteiger partial charge in [0.25, 0.3) is 11.8 Å². The zero-order valence-electron chi connectivity index (χ0n) is 16.6. The van der Waals surface area contributed by atoms with Crippen LogP contribution in [0.3, 0.4) is 0 Å². The Morgan fingerprint density at radius 3 is 2.47 bits per heavy atom. The van der Waals surface area contributed by atoms with Crippen molar-refractivity contribution in [2.45, 2.75) is 0 Å². The minimum absolute atomic E-state index is 0.151. The van der Waals surface area contributed by atoms with Gasteiger partial charge in [0.05, 0.1) is 10.7 Å². The highest BCUT2D eigenvalue weighted by atomic mass is 79.9. The van der Waals surface area contributed by atoms with Crippen molar-refractivity contribution in [2.24, 2.45) is 0 Å². The Hall–Kier alpha value is -3.60. The van der Waals surface area contributed by atoms with Crippen molar-refractivity contribution < 1.29 is 14.3 Å². The minimum Gasteiger partial charge on any atom is -0.483 e. The number of para-hydroxylation sites is 2. The number of rotatable bonds is 7. The van der Waals surface area contributed by atoms with E-state index in [0.29, 0.717) is 32.2 Å². The fraction of sp³-hybridized carbons (Fsp3) is 0.0417. The van der Waals surface area contributed by atoms with E-state index in [0.717, 1.165) is 0 Å². The molecule has 6 nitrogen and oxygen atoms in total. The number of hydrogen-bond acceptors (Lipinski definition) is 4. The van der Waals surface area contributed by atoms with Gasteiger partial charge in [-0.2, -0.15) is 5.26 Å². The van der Waals surface area contributed by atoms with Crippen LogP contribution in [0.15, 0.2) is 82.8 Å². The molecule has 0 bridgehead atoms. The van der Waals surface area contributed by atoms with Gasteiger partial charge in [-0.25, -0.2) is 0 Å². The lowest BCUT2D eigenvalue weighted by molar-refractivity contribution is -0.118. The highest BCUT2D eigenvalue weighted by molar-refractivity contribution is 9.10. The molecule has 2 amide bonds. The summed E-state index contributed by atoms with van der Waals surface area (Å²) in [6, 6.07) is 22.7. The minimum atomic E-state index is -0.617. The average Bonchev–Trinajstić information content (AvgIpc) is 2.79. The van der Waals surface area contributed by atoms with Gasteiger partial charge in [-0.3, -0.25) is 9.59 Å². The number of amides is 2. The molecule has 3 aromatic carbocycles. The molecule has 0 atom stereocenters. The fourth-order valence-electron chi connectivity index (χ4n) is 2.68. The van der Waals surface area contributed by atoms with Gasteiger partial charge in [0.1, 0.15) is 17.4 Å². The first-order valence-electron chi connectivity index (χ1n) is 9.41. The van der Waals surface area contributed by atoms with Crippen molar-refractivity contribution in [1.29, 1.82) is 5.26 Å². The number of carbonyl (C=O) groups excluding carboxylic acids is 2. The predicted octanol–water partition coefficient (Wildman–Crippen LogP) is 5.67. The lowest BCUT2D eigenvalue weighted by Crippen LogP contribution is -2.20. The summed E-state index contributed by atoms with van der Waals surface area (Å²) in [6.45, 7) is -0.245. The van der Waals surface area contributed by atoms with Crippen LogP contribution in [0.5, 0.6) is 5.75 Å². The Labute approximate surface area is 198 Å². The summed E-state index contributed by atoms with van der Waals surface area (Å²) in [6.07, 6.45) is 1.39. The van der Waals surface area contributed by atoms with E-state index in [-0.39, 0.29) is 18.1 Å². The SMILES string of the molecule is N#C/C(=C\c1cc(Br)ccc1OCC(=O)Nc1ccccc1)C(=O)Nc1ccccc1Cl. The molecule has 32 heavy (non-hydrogen) atoms. The van der Waals surface area contributed by atoms with Gasteiger partial charge in [-0.1, -0.05) is 57.9 Å². The average molecular weight is 511 g/mol. The number of nitrogens with zero attached hydrogens (tertiary/aromatic N) is 1. The quantitative estimate of drug-likeness (QED) is 0.317. The van der Waals surface area contributed by atoms with Crippen molar-refractivity contribution in [3.63, 3.8) is 0 Å². The Kier molecular flexibility index (Phi) is 8.03. The second-order valence-corrected chi connectivity index (χ2v) is 7.81. The summed E-state index contributed by atoms with van der Waals surface area (Å²) in [5, 5.41) is 15.2. The van der Waals surface area contributed by atoms with E-state index in [1.54, 1.807) is 54.6 Å². The molecule has 0 heterocycles. The molecular formula is C24H17BrClN3O3. The molecule has 0 spiro atoms. The van der Waals surface area contributed by atoms with E-state index in [1.165, 1.54) is 6.08 Å². The van der Waals surface area contributed by atoms with Crippen LogP contribution in [0.1, 0.15) is 5.56 Å². The Bertz CT molecular complexity index is 1210. The number of hydrogen-bond donors (Lipinski definition) is 2. The maximum absolute atomic E-state index is 12.6. The van der Waals surface area contributed by atoms with E-state index in [2.05, 4.69) is 26.6 Å². The van der Waals surface area contributed by atoms with E-state index >= 15 is 0 Å². The lowest BCUT2D eigenvalue weighted by atomic mass is 10.1. The van der Waals surface area contributed by atoms with Crippen LogP contribution in [0.2, 0.25) is 5.02 Å². The molecule has 0 aliphatic carbocycles. The van der Waals surface area contributed by atoms with E-state index in [4.69, 9.17) is 16.3 Å². The number of nitrogens with one attached hydrogen (secondary N) is 2. The molecule has 0 aliphatic rings. The molecule has 0 saturated carbocycles. The highest BCUT2D eigenvalue weighted by Gasteiger charge is 2.14. The summed E-state index contributed by atoms with van der Waals surface area (Å²) in [5.41, 5.74) is 1.35. The third-order valence-electron chi connectivity index (χ3n) is 4.18. The summed E-state index contributed by atoms with van der Waals surface area (Å²) < 4.78 is 6.37. The lowest BCUT2D eigenvalue weighted by Gasteiger charge is -2.11. The summed E-state index contributed by atoms with van der Waals surface area (Å²) >= 11 is 9.44. The summed E-state index contributed by atoms with van der Waals surface area (Å²) in [4.78, 5) is 24.8. The van der Waals surface area contributed by atoms with Crippen LogP contribution in [0.25, 0.3) is 6.08 Å². The van der Waals surface area contributed by atoms with E-state index < -0.39 is 5.91 Å². The van der Waals surface area contributed by atoms with Crippen LogP contribution in [0.4, 0.5) is 11.4 Å². The molecule has 0 saturated heterocycles. The van der Waals surface area contributed by atoms with Crippen molar-refractivity contribution in [3.05, 3.63) is 93.4 Å². The highest BCUT2D eigenvalue weighted by Crippen LogP contribution is 2.27. The molecule has 0 fully saturated rings. The van der Waals surface area contributed by atoms with Gasteiger partial charge in [0.15, 0.2) is 6.61 Å². The van der Waals surface area contributed by atoms with Gasteiger partial charge in [-0.15, -0.1) is 0 Å². The number of ether oxygens (including phenoxy) is 1. The second kappa shape index (κ2) is 11.1. The largest absolute Gasteiger partial charge is 0.483 e. The molecule has 8 heteroatoms. The molecule has 0 aromatic heterocycles. The molecule has 2 N–H and O–H groups in total. The first kappa shape index (κ1) is 23.1. The normalized spacial score (nSPS) is 10.7. The first-order valence-corrected chi connectivity index (χ1v) is 10.6. The van der Waals surface area contributed by atoms with Crippen molar-refractivity contribution in [2.75, 3.05) is 17.2 Å². The predicted molar refractivity (Wildman–Crippen MR) is 128 cm³/mol. The third kappa shape index (κ3) is 6.45. The molecule has 3 rings (SSSR count). The topological polar surface area (TPSA) is 91.2 Å². The van der Waals surface area contributed by atoms with Crippen LogP contribution >= 0.6 is 27.5 Å². The Morgan fingerprint density at radius 1 is 1.03 bits per heavy atom. The van der Waals surface area contributed by atoms with Gasteiger partial charge in [0, 0.05) is 15.7 Å². The number of nitriles is 1. The van der Waals surface area contributed by atoms with Crippen molar-refractivity contribution in [1.82, 2.24) is 0 Å². The summed E-state index contributed by atoms with van der Waals surface area (Å²) in [5.74, 6) is -0.617. The maximum atomic E-state index is 12.6. The number of benzene rings is 3. The number of carbonyl (C=O) groups is 2. The monoisotopic (exact) mass is 509 g/mol. The Balaban J connectivity index is 1.76. The summed E-state index contributed by atoms with van der Waals surface area (Å²) in [7, 11) is 0. The molecular weight excluding hydrogens is 494 g/mol. The van der Waals surface area contributed by atoms with Crippen molar-refractivity contribution in [3.8, 4) is 11.8 Å². The number of halogens is 2. The van der Waals surface area contributed by atoms with Gasteiger partial charge >= 0.3 is 0 Å². The van der Waals surface area contributed by atoms with Gasteiger partial charge < -0.3 is 15.4 Å². The first-order chi connectivity index (χ1) is 15.5. The smallest absolute Gasteiger partial charge is 0.266 e. The van der Waals surface area contributed by atoms with Crippen LogP contribution in [0, 0.1) is 11.3 Å². The second-order valence-electron chi connectivity index (χ2n) is 6.49. The zero-order valence-corrected chi connectivity index (χ0v) is 19.0.